The molecule has 8 heteroatoms. The number of nitrogens with zero attached hydrogens (tertiary/aromatic N) is 1. The average Bonchev–Trinajstić information content (AvgIpc) is 3.25. The van der Waals surface area contributed by atoms with E-state index in [1.807, 2.05) is 31.4 Å². The minimum atomic E-state index is -3.73. The Morgan fingerprint density at radius 3 is 2.69 bits per heavy atom. The number of ether oxygens (including phenoxy) is 1. The van der Waals surface area contributed by atoms with Gasteiger partial charge in [-0.25, -0.2) is 13.1 Å². The molecule has 0 bridgehead atoms. The van der Waals surface area contributed by atoms with Crippen molar-refractivity contribution in [1.29, 1.82) is 0 Å². The topological polar surface area (TPSA) is 81.4 Å². The Bertz CT molecular complexity index is 992. The van der Waals surface area contributed by atoms with Crippen molar-refractivity contribution in [2.75, 3.05) is 13.7 Å². The molecule has 3 aromatic rings. The molecule has 2 heterocycles. The Morgan fingerprint density at radius 1 is 1.27 bits per heavy atom. The molecule has 0 saturated carbocycles. The van der Waals surface area contributed by atoms with E-state index in [1.165, 1.54) is 7.11 Å². The summed E-state index contributed by atoms with van der Waals surface area (Å²) in [6, 6.07) is 8.87. The van der Waals surface area contributed by atoms with Gasteiger partial charge >= 0.3 is 0 Å². The maximum Gasteiger partial charge on any atom is 0.244 e. The highest BCUT2D eigenvalue weighted by molar-refractivity contribution is 7.89. The van der Waals surface area contributed by atoms with Gasteiger partial charge in [0.15, 0.2) is 5.76 Å². The molecule has 0 amide bonds. The lowest BCUT2D eigenvalue weighted by Gasteiger charge is -2.12. The fourth-order valence-corrected chi connectivity index (χ4v) is 4.49. The predicted molar refractivity (Wildman–Crippen MR) is 101 cm³/mol. The van der Waals surface area contributed by atoms with Gasteiger partial charge in [0, 0.05) is 22.5 Å². The summed E-state index contributed by atoms with van der Waals surface area (Å²) in [4.78, 5) is 1.21. The fourth-order valence-electron chi connectivity index (χ4n) is 2.55. The van der Waals surface area contributed by atoms with Gasteiger partial charge in [-0.3, -0.25) is 0 Å². The quantitative estimate of drug-likeness (QED) is 0.665. The maximum absolute atomic E-state index is 12.8. The largest absolute Gasteiger partial charge is 0.495 e. The van der Waals surface area contributed by atoms with Crippen LogP contribution in [0.4, 0.5) is 0 Å². The van der Waals surface area contributed by atoms with Gasteiger partial charge < -0.3 is 9.26 Å². The number of methoxy groups -OCH3 is 1. The van der Waals surface area contributed by atoms with Crippen LogP contribution in [0.15, 0.2) is 45.1 Å². The van der Waals surface area contributed by atoms with Crippen LogP contribution in [0.25, 0.3) is 11.3 Å². The third-order valence-corrected chi connectivity index (χ3v) is 6.53. The summed E-state index contributed by atoms with van der Waals surface area (Å²) >= 11 is 1.60. The monoisotopic (exact) mass is 392 g/mol. The van der Waals surface area contributed by atoms with Gasteiger partial charge in [0.25, 0.3) is 0 Å². The molecule has 2 aromatic heterocycles. The molecule has 0 spiro atoms. The summed E-state index contributed by atoms with van der Waals surface area (Å²) < 4.78 is 38.8. The highest BCUT2D eigenvalue weighted by Crippen LogP contribution is 2.32. The van der Waals surface area contributed by atoms with E-state index in [0.717, 1.165) is 16.1 Å². The lowest BCUT2D eigenvalue weighted by Crippen LogP contribution is -2.26. The molecule has 26 heavy (non-hydrogen) atoms. The van der Waals surface area contributed by atoms with Gasteiger partial charge in [-0.1, -0.05) is 11.2 Å². The van der Waals surface area contributed by atoms with Gasteiger partial charge in [-0.2, -0.15) is 0 Å². The van der Waals surface area contributed by atoms with Crippen LogP contribution in [0, 0.1) is 13.8 Å². The van der Waals surface area contributed by atoms with E-state index in [0.29, 0.717) is 24.3 Å². The summed E-state index contributed by atoms with van der Waals surface area (Å²) in [5.41, 5.74) is 2.29. The van der Waals surface area contributed by atoms with E-state index < -0.39 is 10.0 Å². The fraction of sp³-hybridized carbons (Fsp3) is 0.278. The summed E-state index contributed by atoms with van der Waals surface area (Å²) in [6.45, 7) is 4.05. The van der Waals surface area contributed by atoms with E-state index in [-0.39, 0.29) is 10.6 Å². The van der Waals surface area contributed by atoms with Crippen molar-refractivity contribution in [1.82, 2.24) is 9.88 Å². The standard InChI is InChI=1S/C18H20N2O4S2/c1-12-13(2)20-24-18(12)14-6-7-16(23-3)17(11-14)26(21,22)19-9-8-15-5-4-10-25-15/h4-7,10-11,19H,8-9H2,1-3H3. The summed E-state index contributed by atoms with van der Waals surface area (Å²) in [5.74, 6) is 0.839. The van der Waals surface area contributed by atoms with Crippen LogP contribution in [-0.4, -0.2) is 27.2 Å². The van der Waals surface area contributed by atoms with Crippen molar-refractivity contribution in [2.45, 2.75) is 25.2 Å². The first-order valence-electron chi connectivity index (χ1n) is 8.05. The summed E-state index contributed by atoms with van der Waals surface area (Å²) in [6.07, 6.45) is 0.638. The van der Waals surface area contributed by atoms with Crippen LogP contribution in [0.5, 0.6) is 5.75 Å². The van der Waals surface area contributed by atoms with Gasteiger partial charge in [0.05, 0.1) is 12.8 Å². The van der Waals surface area contributed by atoms with Gasteiger partial charge in [0.1, 0.15) is 10.6 Å². The number of aryl methyl sites for hydroxylation is 1. The Morgan fingerprint density at radius 2 is 2.08 bits per heavy atom. The molecule has 3 rings (SSSR count). The van der Waals surface area contributed by atoms with E-state index in [1.54, 1.807) is 29.5 Å². The lowest BCUT2D eigenvalue weighted by atomic mass is 10.1. The van der Waals surface area contributed by atoms with Crippen LogP contribution < -0.4 is 9.46 Å². The molecule has 0 radical (unpaired) electrons. The lowest BCUT2D eigenvalue weighted by molar-refractivity contribution is 0.402. The summed E-state index contributed by atoms with van der Waals surface area (Å²) in [7, 11) is -2.28. The maximum atomic E-state index is 12.8. The van der Waals surface area contributed by atoms with E-state index >= 15 is 0 Å². The van der Waals surface area contributed by atoms with Crippen molar-refractivity contribution in [3.8, 4) is 17.1 Å². The van der Waals surface area contributed by atoms with Crippen LogP contribution in [0.1, 0.15) is 16.1 Å². The number of hydrogen-bond donors (Lipinski definition) is 1. The third kappa shape index (κ3) is 3.82. The predicted octanol–water partition coefficient (Wildman–Crippen LogP) is 3.55. The van der Waals surface area contributed by atoms with Crippen molar-refractivity contribution in [3.05, 3.63) is 51.8 Å². The first-order chi connectivity index (χ1) is 12.4. The van der Waals surface area contributed by atoms with Crippen LogP contribution in [0.2, 0.25) is 0 Å². The number of thiophene rings is 1. The number of hydrogen-bond acceptors (Lipinski definition) is 6. The van der Waals surface area contributed by atoms with Crippen LogP contribution >= 0.6 is 11.3 Å². The Kier molecular flexibility index (Phi) is 5.45. The van der Waals surface area contributed by atoms with E-state index in [2.05, 4.69) is 9.88 Å². The molecule has 6 nitrogen and oxygen atoms in total. The number of sulfonamides is 1. The Hall–Kier alpha value is -2.16. The zero-order valence-electron chi connectivity index (χ0n) is 14.8. The molecular weight excluding hydrogens is 372 g/mol. The number of aromatic nitrogens is 1. The molecule has 0 aliphatic heterocycles. The van der Waals surface area contributed by atoms with Crippen molar-refractivity contribution in [3.63, 3.8) is 0 Å². The van der Waals surface area contributed by atoms with Gasteiger partial charge in [-0.15, -0.1) is 11.3 Å². The minimum Gasteiger partial charge on any atom is -0.495 e. The molecular formula is C18H20N2O4S2. The molecule has 0 saturated heterocycles. The minimum absolute atomic E-state index is 0.0807. The zero-order chi connectivity index (χ0) is 18.7. The smallest absolute Gasteiger partial charge is 0.244 e. The number of benzene rings is 1. The Labute approximate surface area is 156 Å². The molecule has 138 valence electrons. The first-order valence-corrected chi connectivity index (χ1v) is 10.4. The molecule has 0 aliphatic rings. The Balaban J connectivity index is 1.89. The highest BCUT2D eigenvalue weighted by Gasteiger charge is 2.22. The first kappa shape index (κ1) is 18.6. The third-order valence-electron chi connectivity index (χ3n) is 4.12. The average molecular weight is 393 g/mol. The van der Waals surface area contributed by atoms with Crippen molar-refractivity contribution < 1.29 is 17.7 Å². The van der Waals surface area contributed by atoms with Gasteiger partial charge in [0.2, 0.25) is 10.0 Å². The summed E-state index contributed by atoms with van der Waals surface area (Å²) in [5, 5.41) is 5.91. The second kappa shape index (κ2) is 7.61. The van der Waals surface area contributed by atoms with Gasteiger partial charge in [-0.05, 0) is 49.9 Å². The molecule has 1 N–H and O–H groups in total. The molecule has 0 fully saturated rings. The van der Waals surface area contributed by atoms with Crippen molar-refractivity contribution >= 4 is 21.4 Å². The van der Waals surface area contributed by atoms with E-state index in [9.17, 15) is 8.42 Å². The molecule has 0 unspecified atom stereocenters. The van der Waals surface area contributed by atoms with Crippen LogP contribution in [0.3, 0.4) is 0 Å². The number of rotatable bonds is 7. The second-order valence-corrected chi connectivity index (χ2v) is 8.58. The molecule has 0 aliphatic carbocycles. The highest BCUT2D eigenvalue weighted by atomic mass is 32.2. The van der Waals surface area contributed by atoms with E-state index in [4.69, 9.17) is 9.26 Å². The number of nitrogens with one attached hydrogen (secondary N) is 1. The normalized spacial score (nSPS) is 11.7. The SMILES string of the molecule is COc1ccc(-c2onc(C)c2C)cc1S(=O)(=O)NCCc1cccs1. The van der Waals surface area contributed by atoms with Crippen LogP contribution in [-0.2, 0) is 16.4 Å². The zero-order valence-corrected chi connectivity index (χ0v) is 16.4. The second-order valence-electron chi connectivity index (χ2n) is 5.81. The molecule has 1 aromatic carbocycles. The van der Waals surface area contributed by atoms with Crippen molar-refractivity contribution in [2.24, 2.45) is 0 Å². The molecule has 0 atom stereocenters.